The molecule has 17 heavy (non-hydrogen) atoms. The highest BCUT2D eigenvalue weighted by molar-refractivity contribution is 9.10. The third-order valence-corrected chi connectivity index (χ3v) is 2.98. The normalized spacial score (nSPS) is 10.1. The Labute approximate surface area is 107 Å². The first-order valence-corrected chi connectivity index (χ1v) is 5.84. The number of carbonyl (C=O) groups excluding carboxylic acids is 1. The summed E-state index contributed by atoms with van der Waals surface area (Å²) in [7, 11) is 0. The summed E-state index contributed by atoms with van der Waals surface area (Å²) in [6.07, 6.45) is -0.105. The number of hydrogen-bond acceptors (Lipinski definition) is 4. The Balaban J connectivity index is 3.16. The Kier molecular flexibility index (Phi) is 4.62. The second-order valence-corrected chi connectivity index (χ2v) is 4.28. The zero-order valence-corrected chi connectivity index (χ0v) is 11.1. The molecule has 0 aromatic heterocycles. The quantitative estimate of drug-likeness (QED) is 0.487. The summed E-state index contributed by atoms with van der Waals surface area (Å²) in [4.78, 5) is 21.9. The van der Waals surface area contributed by atoms with Crippen LogP contribution in [-0.2, 0) is 16.0 Å². The van der Waals surface area contributed by atoms with Crippen molar-refractivity contribution < 1.29 is 14.5 Å². The number of esters is 1. The zero-order chi connectivity index (χ0) is 13.0. The summed E-state index contributed by atoms with van der Waals surface area (Å²) in [5, 5.41) is 11.0. The fourth-order valence-electron chi connectivity index (χ4n) is 1.51. The molecule has 0 aliphatic rings. The minimum Gasteiger partial charge on any atom is -0.466 e. The van der Waals surface area contributed by atoms with Crippen LogP contribution in [0.1, 0.15) is 18.1 Å². The number of nitro groups is 1. The molecule has 1 rings (SSSR count). The largest absolute Gasteiger partial charge is 0.466 e. The molecule has 0 amide bonds. The van der Waals surface area contributed by atoms with Crippen molar-refractivity contribution in [2.45, 2.75) is 20.3 Å². The fraction of sp³-hybridized carbons (Fsp3) is 0.364. The van der Waals surface area contributed by atoms with Gasteiger partial charge in [-0.15, -0.1) is 0 Å². The second-order valence-electron chi connectivity index (χ2n) is 3.43. The number of carbonyl (C=O) groups is 1. The lowest BCUT2D eigenvalue weighted by atomic mass is 10.1. The average Bonchev–Trinajstić information content (AvgIpc) is 2.23. The van der Waals surface area contributed by atoms with E-state index in [-0.39, 0.29) is 18.7 Å². The van der Waals surface area contributed by atoms with Crippen molar-refractivity contribution in [3.05, 3.63) is 37.8 Å². The summed E-state index contributed by atoms with van der Waals surface area (Å²) in [5.74, 6) is -0.470. The lowest BCUT2D eigenvalue weighted by molar-refractivity contribution is -0.386. The van der Waals surface area contributed by atoms with Crippen molar-refractivity contribution in [3.8, 4) is 0 Å². The Morgan fingerprint density at radius 3 is 2.71 bits per heavy atom. The molecule has 0 heterocycles. The molecule has 0 saturated heterocycles. The molecule has 1 aromatic rings. The van der Waals surface area contributed by atoms with E-state index in [1.165, 1.54) is 0 Å². The molecule has 0 saturated carbocycles. The van der Waals surface area contributed by atoms with Gasteiger partial charge in [0.25, 0.3) is 5.69 Å². The number of nitro benzene ring substituents is 1. The van der Waals surface area contributed by atoms with Crippen LogP contribution in [-0.4, -0.2) is 17.5 Å². The van der Waals surface area contributed by atoms with Gasteiger partial charge in [-0.05, 0) is 19.9 Å². The highest BCUT2D eigenvalue weighted by Crippen LogP contribution is 2.30. The number of rotatable bonds is 4. The van der Waals surface area contributed by atoms with Gasteiger partial charge in [-0.2, -0.15) is 0 Å². The average molecular weight is 302 g/mol. The lowest BCUT2D eigenvalue weighted by Crippen LogP contribution is -2.10. The molecular weight excluding hydrogens is 290 g/mol. The maximum atomic E-state index is 11.4. The van der Waals surface area contributed by atoms with Crippen LogP contribution < -0.4 is 0 Å². The Morgan fingerprint density at radius 1 is 1.53 bits per heavy atom. The monoisotopic (exact) mass is 301 g/mol. The second kappa shape index (κ2) is 5.77. The summed E-state index contributed by atoms with van der Waals surface area (Å²) in [6, 6.07) is 3.33. The number of nitrogens with zero attached hydrogens (tertiary/aromatic N) is 1. The molecule has 0 aliphatic heterocycles. The first kappa shape index (κ1) is 13.6. The highest BCUT2D eigenvalue weighted by atomic mass is 79.9. The summed E-state index contributed by atoms with van der Waals surface area (Å²) in [5.41, 5.74) is 0.846. The van der Waals surface area contributed by atoms with E-state index in [0.29, 0.717) is 15.6 Å². The molecule has 0 spiro atoms. The molecule has 0 aliphatic carbocycles. The minimum atomic E-state index is -0.478. The molecule has 0 atom stereocenters. The van der Waals surface area contributed by atoms with Gasteiger partial charge >= 0.3 is 5.97 Å². The smallest absolute Gasteiger partial charge is 0.310 e. The molecule has 0 unspecified atom stereocenters. The summed E-state index contributed by atoms with van der Waals surface area (Å²) < 4.78 is 5.34. The topological polar surface area (TPSA) is 69.4 Å². The molecule has 0 bridgehead atoms. The van der Waals surface area contributed by atoms with Gasteiger partial charge in [-0.3, -0.25) is 14.9 Å². The van der Waals surface area contributed by atoms with Crippen LogP contribution in [0.5, 0.6) is 0 Å². The van der Waals surface area contributed by atoms with E-state index in [1.807, 2.05) is 0 Å². The van der Waals surface area contributed by atoms with Crippen molar-refractivity contribution in [1.29, 1.82) is 0 Å². The van der Waals surface area contributed by atoms with Gasteiger partial charge in [-0.1, -0.05) is 22.0 Å². The fourth-order valence-corrected chi connectivity index (χ4v) is 1.97. The maximum Gasteiger partial charge on any atom is 0.310 e. The Bertz CT molecular complexity index is 459. The standard InChI is InChI=1S/C11H12BrNO4/c1-3-17-10(14)6-8-9(12)5-4-7(2)11(8)13(15)16/h4-5H,3,6H2,1-2H3. The summed E-state index contributed by atoms with van der Waals surface area (Å²) in [6.45, 7) is 3.59. The molecule has 92 valence electrons. The molecule has 6 heteroatoms. The molecule has 0 N–H and O–H groups in total. The van der Waals surface area contributed by atoms with Gasteiger partial charge in [-0.25, -0.2) is 0 Å². The third kappa shape index (κ3) is 3.26. The van der Waals surface area contributed by atoms with E-state index in [4.69, 9.17) is 4.74 Å². The van der Waals surface area contributed by atoms with Gasteiger partial charge in [0.1, 0.15) is 0 Å². The van der Waals surface area contributed by atoms with Gasteiger partial charge in [0.2, 0.25) is 0 Å². The van der Waals surface area contributed by atoms with Gasteiger partial charge in [0, 0.05) is 10.0 Å². The first-order chi connectivity index (χ1) is 7.97. The molecular formula is C11H12BrNO4. The number of hydrogen-bond donors (Lipinski definition) is 0. The Hall–Kier alpha value is -1.43. The van der Waals surface area contributed by atoms with Crippen LogP contribution in [0.4, 0.5) is 5.69 Å². The lowest BCUT2D eigenvalue weighted by Gasteiger charge is -2.07. The van der Waals surface area contributed by atoms with E-state index in [2.05, 4.69) is 15.9 Å². The van der Waals surface area contributed by atoms with Crippen LogP contribution in [0.25, 0.3) is 0 Å². The van der Waals surface area contributed by atoms with E-state index in [9.17, 15) is 14.9 Å². The molecule has 0 fully saturated rings. The number of ether oxygens (including phenoxy) is 1. The van der Waals surface area contributed by atoms with Crippen LogP contribution in [0.2, 0.25) is 0 Å². The van der Waals surface area contributed by atoms with E-state index >= 15 is 0 Å². The minimum absolute atomic E-state index is 0.0348. The van der Waals surface area contributed by atoms with Crippen LogP contribution in [0, 0.1) is 17.0 Å². The van der Waals surface area contributed by atoms with E-state index in [1.54, 1.807) is 26.0 Å². The molecule has 5 nitrogen and oxygen atoms in total. The SMILES string of the molecule is CCOC(=O)Cc1c(Br)ccc(C)c1[N+](=O)[O-]. The molecule has 1 aromatic carbocycles. The number of halogens is 1. The van der Waals surface area contributed by atoms with Gasteiger partial charge in [0.15, 0.2) is 0 Å². The predicted molar refractivity (Wildman–Crippen MR) is 65.9 cm³/mol. The van der Waals surface area contributed by atoms with Crippen molar-refractivity contribution in [2.75, 3.05) is 6.61 Å². The maximum absolute atomic E-state index is 11.4. The van der Waals surface area contributed by atoms with Crippen LogP contribution in [0.3, 0.4) is 0 Å². The summed E-state index contributed by atoms with van der Waals surface area (Å²) >= 11 is 3.22. The number of benzene rings is 1. The van der Waals surface area contributed by atoms with Crippen molar-refractivity contribution in [1.82, 2.24) is 0 Å². The first-order valence-electron chi connectivity index (χ1n) is 5.05. The third-order valence-electron chi connectivity index (χ3n) is 2.24. The Morgan fingerprint density at radius 2 is 2.18 bits per heavy atom. The zero-order valence-electron chi connectivity index (χ0n) is 9.53. The highest BCUT2D eigenvalue weighted by Gasteiger charge is 2.22. The van der Waals surface area contributed by atoms with Crippen LogP contribution >= 0.6 is 15.9 Å². The number of aryl methyl sites for hydroxylation is 1. The molecule has 0 radical (unpaired) electrons. The van der Waals surface area contributed by atoms with Crippen molar-refractivity contribution in [2.24, 2.45) is 0 Å². The van der Waals surface area contributed by atoms with Gasteiger partial charge < -0.3 is 4.74 Å². The van der Waals surface area contributed by atoms with E-state index < -0.39 is 10.9 Å². The van der Waals surface area contributed by atoms with Crippen molar-refractivity contribution >= 4 is 27.6 Å². The van der Waals surface area contributed by atoms with E-state index in [0.717, 1.165) is 0 Å². The van der Waals surface area contributed by atoms with Crippen molar-refractivity contribution in [3.63, 3.8) is 0 Å². The van der Waals surface area contributed by atoms with Crippen LogP contribution in [0.15, 0.2) is 16.6 Å². The predicted octanol–water partition coefficient (Wildman–Crippen LogP) is 2.77. The van der Waals surface area contributed by atoms with Gasteiger partial charge in [0.05, 0.1) is 23.5 Å².